The van der Waals surface area contributed by atoms with E-state index >= 15 is 0 Å². The van der Waals surface area contributed by atoms with Crippen LogP contribution in [0.3, 0.4) is 0 Å². The number of thioether (sulfide) groups is 1. The molecule has 1 aliphatic rings. The summed E-state index contributed by atoms with van der Waals surface area (Å²) in [4.78, 5) is 25.9. The number of carboxylic acids is 1. The number of halogens is 1. The van der Waals surface area contributed by atoms with E-state index in [4.69, 9.17) is 26.8 Å². The van der Waals surface area contributed by atoms with Crippen LogP contribution in [0.5, 0.6) is 11.5 Å². The van der Waals surface area contributed by atoms with Gasteiger partial charge in [-0.15, -0.1) is 0 Å². The molecule has 1 saturated heterocycles. The zero-order chi connectivity index (χ0) is 24.2. The fraction of sp³-hybridized carbons (Fsp3) is 0.0800. The lowest BCUT2D eigenvalue weighted by Gasteiger charge is -2.14. The van der Waals surface area contributed by atoms with Gasteiger partial charge in [-0.05, 0) is 65.7 Å². The normalized spacial score (nSPS) is 14.5. The van der Waals surface area contributed by atoms with E-state index in [9.17, 15) is 14.0 Å². The van der Waals surface area contributed by atoms with Crippen LogP contribution in [0.15, 0.2) is 71.6 Å². The average molecular weight is 496 g/mol. The molecule has 0 radical (unpaired) electrons. The molecule has 3 aromatic carbocycles. The molecule has 9 heteroatoms. The Hall–Kier alpha value is -3.69. The summed E-state index contributed by atoms with van der Waals surface area (Å²) >= 11 is 6.54. The summed E-state index contributed by atoms with van der Waals surface area (Å²) < 4.78 is 24.7. The third-order valence-electron chi connectivity index (χ3n) is 4.96. The molecule has 0 aromatic heterocycles. The van der Waals surface area contributed by atoms with Gasteiger partial charge in [-0.1, -0.05) is 42.2 Å². The van der Waals surface area contributed by atoms with Crippen molar-refractivity contribution in [2.75, 3.05) is 12.0 Å². The Kier molecular flexibility index (Phi) is 6.95. The number of rotatable bonds is 7. The fourth-order valence-corrected chi connectivity index (χ4v) is 4.53. The number of hydrogen-bond donors (Lipinski definition) is 1. The summed E-state index contributed by atoms with van der Waals surface area (Å²) in [6.07, 6.45) is 1.71. The van der Waals surface area contributed by atoms with Crippen molar-refractivity contribution in [1.82, 2.24) is 0 Å². The van der Waals surface area contributed by atoms with E-state index in [1.807, 2.05) is 0 Å². The molecule has 34 heavy (non-hydrogen) atoms. The molecule has 3 aromatic rings. The summed E-state index contributed by atoms with van der Waals surface area (Å²) in [5, 5.41) is 9.06. The van der Waals surface area contributed by atoms with Gasteiger partial charge in [0, 0.05) is 0 Å². The minimum atomic E-state index is -1.05. The number of aromatic carboxylic acids is 1. The standard InChI is InChI=1S/C25H18FNO5S2/c1-31-21-12-16(4-11-20(21)32-14-15-2-7-18(26)8-3-15)13-22-23(28)27(25(33)34-22)19-9-5-17(6-10-19)24(29)30/h2-13H,14H2,1H3,(H,29,30). The summed E-state index contributed by atoms with van der Waals surface area (Å²) in [5.41, 5.74) is 2.15. The molecule has 6 nitrogen and oxygen atoms in total. The van der Waals surface area contributed by atoms with E-state index in [-0.39, 0.29) is 23.9 Å². The van der Waals surface area contributed by atoms with Gasteiger partial charge in [0.25, 0.3) is 5.91 Å². The van der Waals surface area contributed by atoms with Crippen molar-refractivity contribution >= 4 is 51.9 Å². The Morgan fingerprint density at radius 2 is 1.79 bits per heavy atom. The molecule has 172 valence electrons. The fourth-order valence-electron chi connectivity index (χ4n) is 3.23. The first-order valence-electron chi connectivity index (χ1n) is 10.0. The highest BCUT2D eigenvalue weighted by Gasteiger charge is 2.33. The molecule has 0 unspecified atom stereocenters. The second-order valence-corrected chi connectivity index (χ2v) is 8.87. The van der Waals surface area contributed by atoms with Crippen LogP contribution < -0.4 is 14.4 Å². The number of amides is 1. The molecule has 0 spiro atoms. The van der Waals surface area contributed by atoms with Crippen molar-refractivity contribution in [2.45, 2.75) is 6.61 Å². The highest BCUT2D eigenvalue weighted by Crippen LogP contribution is 2.37. The lowest BCUT2D eigenvalue weighted by Crippen LogP contribution is -2.27. The minimum Gasteiger partial charge on any atom is -0.493 e. The van der Waals surface area contributed by atoms with Gasteiger partial charge in [0.05, 0.1) is 23.3 Å². The van der Waals surface area contributed by atoms with Crippen molar-refractivity contribution in [3.05, 3.63) is 94.1 Å². The zero-order valence-corrected chi connectivity index (χ0v) is 19.5. The van der Waals surface area contributed by atoms with E-state index in [1.54, 1.807) is 48.5 Å². The molecule has 1 heterocycles. The zero-order valence-electron chi connectivity index (χ0n) is 17.9. The maximum Gasteiger partial charge on any atom is 0.335 e. The van der Waals surface area contributed by atoms with E-state index in [0.717, 1.165) is 17.3 Å². The van der Waals surface area contributed by atoms with Crippen LogP contribution in [0.25, 0.3) is 6.08 Å². The summed E-state index contributed by atoms with van der Waals surface area (Å²) in [6.45, 7) is 0.245. The van der Waals surface area contributed by atoms with Crippen molar-refractivity contribution in [3.63, 3.8) is 0 Å². The molecule has 4 rings (SSSR count). The molecular formula is C25H18FNO5S2. The maximum atomic E-state index is 13.1. The number of nitrogens with zero attached hydrogens (tertiary/aromatic N) is 1. The molecule has 1 aliphatic heterocycles. The maximum absolute atomic E-state index is 13.1. The van der Waals surface area contributed by atoms with Crippen molar-refractivity contribution < 1.29 is 28.6 Å². The molecule has 0 saturated carbocycles. The molecule has 0 atom stereocenters. The summed E-state index contributed by atoms with van der Waals surface area (Å²) in [5.74, 6) is -0.663. The first-order chi connectivity index (χ1) is 16.4. The van der Waals surface area contributed by atoms with Crippen molar-refractivity contribution in [3.8, 4) is 11.5 Å². The monoisotopic (exact) mass is 495 g/mol. The van der Waals surface area contributed by atoms with Crippen LogP contribution in [-0.2, 0) is 11.4 Å². The van der Waals surface area contributed by atoms with Crippen LogP contribution in [-0.4, -0.2) is 28.4 Å². The number of hydrogen-bond acceptors (Lipinski definition) is 6. The molecule has 1 fully saturated rings. The third kappa shape index (κ3) is 5.11. The van der Waals surface area contributed by atoms with Gasteiger partial charge in [0.1, 0.15) is 12.4 Å². The Bertz CT molecular complexity index is 1290. The summed E-state index contributed by atoms with van der Waals surface area (Å²) in [7, 11) is 1.52. The first-order valence-corrected chi connectivity index (χ1v) is 11.2. The Labute approximate surface area is 204 Å². The Morgan fingerprint density at radius 3 is 2.44 bits per heavy atom. The highest BCUT2D eigenvalue weighted by molar-refractivity contribution is 8.27. The van der Waals surface area contributed by atoms with Crippen LogP contribution in [0, 0.1) is 5.82 Å². The number of ether oxygens (including phenoxy) is 2. The number of carboxylic acid groups (broad SMARTS) is 1. The average Bonchev–Trinajstić information content (AvgIpc) is 3.11. The van der Waals surface area contributed by atoms with Crippen molar-refractivity contribution in [1.29, 1.82) is 0 Å². The van der Waals surface area contributed by atoms with Gasteiger partial charge in [-0.3, -0.25) is 9.69 Å². The second-order valence-electron chi connectivity index (χ2n) is 7.19. The quantitative estimate of drug-likeness (QED) is 0.342. The minimum absolute atomic E-state index is 0.124. The SMILES string of the molecule is COc1cc(C=C2SC(=S)N(c3ccc(C(=O)O)cc3)C2=O)ccc1OCc1ccc(F)cc1. The third-order valence-corrected chi connectivity index (χ3v) is 6.26. The van der Waals surface area contributed by atoms with E-state index in [0.29, 0.717) is 32.0 Å². The smallest absolute Gasteiger partial charge is 0.335 e. The van der Waals surface area contributed by atoms with Crippen LogP contribution in [0.4, 0.5) is 10.1 Å². The molecule has 1 amide bonds. The Morgan fingerprint density at radius 1 is 1.09 bits per heavy atom. The van der Waals surface area contributed by atoms with Gasteiger partial charge in [-0.2, -0.15) is 0 Å². The number of anilines is 1. The van der Waals surface area contributed by atoms with Gasteiger partial charge >= 0.3 is 5.97 Å². The van der Waals surface area contributed by atoms with E-state index in [2.05, 4.69) is 0 Å². The second kappa shape index (κ2) is 10.1. The number of methoxy groups -OCH3 is 1. The van der Waals surface area contributed by atoms with Gasteiger partial charge in [-0.25, -0.2) is 9.18 Å². The highest BCUT2D eigenvalue weighted by atomic mass is 32.2. The number of carbonyl (C=O) groups excluding carboxylic acids is 1. The van der Waals surface area contributed by atoms with Crippen LogP contribution in [0.2, 0.25) is 0 Å². The largest absolute Gasteiger partial charge is 0.493 e. The lowest BCUT2D eigenvalue weighted by molar-refractivity contribution is -0.113. The molecular weight excluding hydrogens is 477 g/mol. The number of carbonyl (C=O) groups is 2. The van der Waals surface area contributed by atoms with Gasteiger partial charge in [0.2, 0.25) is 0 Å². The summed E-state index contributed by atoms with van der Waals surface area (Å²) in [6, 6.07) is 17.3. The Balaban J connectivity index is 1.51. The van der Waals surface area contributed by atoms with Crippen LogP contribution in [0.1, 0.15) is 21.5 Å². The number of benzene rings is 3. The van der Waals surface area contributed by atoms with E-state index in [1.165, 1.54) is 36.3 Å². The van der Waals surface area contributed by atoms with Crippen LogP contribution >= 0.6 is 24.0 Å². The predicted molar refractivity (Wildman–Crippen MR) is 133 cm³/mol. The lowest BCUT2D eigenvalue weighted by atomic mass is 10.1. The van der Waals surface area contributed by atoms with E-state index < -0.39 is 5.97 Å². The molecule has 0 aliphatic carbocycles. The topological polar surface area (TPSA) is 76.1 Å². The first kappa shape index (κ1) is 23.5. The van der Waals surface area contributed by atoms with Gasteiger partial charge < -0.3 is 14.6 Å². The van der Waals surface area contributed by atoms with Crippen molar-refractivity contribution in [2.24, 2.45) is 0 Å². The number of thiocarbonyl (C=S) groups is 1. The molecule has 1 N–H and O–H groups in total. The predicted octanol–water partition coefficient (Wildman–Crippen LogP) is 5.52. The molecule has 0 bridgehead atoms. The van der Waals surface area contributed by atoms with Gasteiger partial charge in [0.15, 0.2) is 15.8 Å².